The minimum Gasteiger partial charge on any atom is -0.379 e. The minimum atomic E-state index is -0.664. The summed E-state index contributed by atoms with van der Waals surface area (Å²) in [4.78, 5) is 18.2. The lowest BCUT2D eigenvalue weighted by Crippen LogP contribution is -2.03. The molecule has 1 N–H and O–H groups in total. The Morgan fingerprint density at radius 3 is 2.83 bits per heavy atom. The lowest BCUT2D eigenvalue weighted by molar-refractivity contribution is -0.385. The molecule has 1 aromatic carbocycles. The van der Waals surface area contributed by atoms with Crippen LogP contribution in [-0.2, 0) is 6.54 Å². The second kappa shape index (κ2) is 6.22. The first-order chi connectivity index (χ1) is 11.1. The summed E-state index contributed by atoms with van der Waals surface area (Å²) < 4.78 is 15.6. The van der Waals surface area contributed by atoms with Crippen LogP contribution in [0.4, 0.5) is 15.8 Å². The van der Waals surface area contributed by atoms with Crippen molar-refractivity contribution in [1.29, 1.82) is 0 Å². The van der Waals surface area contributed by atoms with E-state index in [9.17, 15) is 14.5 Å². The maximum Gasteiger partial charge on any atom is 0.272 e. The summed E-state index contributed by atoms with van der Waals surface area (Å²) in [6.07, 6.45) is 6.71. The number of anilines is 1. The van der Waals surface area contributed by atoms with Crippen molar-refractivity contribution in [2.45, 2.75) is 6.54 Å². The van der Waals surface area contributed by atoms with Crippen molar-refractivity contribution >= 4 is 11.4 Å². The summed E-state index contributed by atoms with van der Waals surface area (Å²) in [6, 6.07) is 7.15. The van der Waals surface area contributed by atoms with Crippen molar-refractivity contribution in [2.75, 3.05) is 5.32 Å². The van der Waals surface area contributed by atoms with Gasteiger partial charge in [-0.15, -0.1) is 0 Å². The van der Waals surface area contributed by atoms with Crippen molar-refractivity contribution in [3.63, 3.8) is 0 Å². The van der Waals surface area contributed by atoms with Gasteiger partial charge < -0.3 is 5.32 Å². The van der Waals surface area contributed by atoms with Crippen LogP contribution in [0.5, 0.6) is 0 Å². The largest absolute Gasteiger partial charge is 0.379 e. The van der Waals surface area contributed by atoms with Crippen LogP contribution in [0.2, 0.25) is 0 Å². The molecule has 0 radical (unpaired) electrons. The third-order valence-electron chi connectivity index (χ3n) is 3.23. The van der Waals surface area contributed by atoms with E-state index in [1.165, 1.54) is 12.1 Å². The zero-order valence-electron chi connectivity index (χ0n) is 11.9. The molecular formula is C15H12FN5O2. The quantitative estimate of drug-likeness (QED) is 0.578. The fourth-order valence-corrected chi connectivity index (χ4v) is 2.06. The highest BCUT2D eigenvalue weighted by atomic mass is 19.1. The van der Waals surface area contributed by atoms with Crippen LogP contribution in [-0.4, -0.2) is 19.5 Å². The van der Waals surface area contributed by atoms with Gasteiger partial charge in [-0.3, -0.25) is 14.7 Å². The zero-order valence-corrected chi connectivity index (χ0v) is 11.9. The monoisotopic (exact) mass is 313 g/mol. The van der Waals surface area contributed by atoms with Crippen molar-refractivity contribution < 1.29 is 9.31 Å². The van der Waals surface area contributed by atoms with Gasteiger partial charge in [0.15, 0.2) is 5.82 Å². The lowest BCUT2D eigenvalue weighted by Gasteiger charge is -2.09. The molecule has 3 rings (SSSR count). The van der Waals surface area contributed by atoms with Crippen LogP contribution < -0.4 is 5.32 Å². The number of rotatable bonds is 5. The molecule has 2 heterocycles. The fourth-order valence-electron chi connectivity index (χ4n) is 2.06. The molecule has 0 atom stereocenters. The zero-order chi connectivity index (χ0) is 16.2. The van der Waals surface area contributed by atoms with Crippen molar-refractivity contribution in [3.05, 3.63) is 76.7 Å². The maximum atomic E-state index is 13.8. The van der Waals surface area contributed by atoms with Gasteiger partial charge in [-0.25, -0.2) is 14.4 Å². The van der Waals surface area contributed by atoms with Gasteiger partial charge in [0.2, 0.25) is 0 Å². The summed E-state index contributed by atoms with van der Waals surface area (Å²) >= 11 is 0. The summed E-state index contributed by atoms with van der Waals surface area (Å²) in [5.74, 6) is 0.0362. The highest BCUT2D eigenvalue weighted by Gasteiger charge is 2.10. The minimum absolute atomic E-state index is 0.205. The summed E-state index contributed by atoms with van der Waals surface area (Å²) in [5, 5.41) is 13.5. The van der Waals surface area contributed by atoms with Gasteiger partial charge in [0, 0.05) is 31.2 Å². The molecule has 0 spiro atoms. The number of halogens is 1. The number of aromatic nitrogens is 3. The Bertz CT molecular complexity index is 836. The Labute approximate surface area is 130 Å². The number of nitrogens with zero attached hydrogens (tertiary/aromatic N) is 4. The van der Waals surface area contributed by atoms with E-state index < -0.39 is 10.7 Å². The molecule has 0 saturated carbocycles. The third kappa shape index (κ3) is 3.31. The Morgan fingerprint density at radius 2 is 2.13 bits per heavy atom. The van der Waals surface area contributed by atoms with Crippen LogP contribution in [0.25, 0.3) is 5.82 Å². The van der Waals surface area contributed by atoms with Gasteiger partial charge in [0.05, 0.1) is 16.7 Å². The first-order valence-corrected chi connectivity index (χ1v) is 6.74. The molecule has 0 aliphatic heterocycles. The van der Waals surface area contributed by atoms with Crippen molar-refractivity contribution in [3.8, 4) is 5.82 Å². The predicted molar refractivity (Wildman–Crippen MR) is 81.7 cm³/mol. The second-order valence-electron chi connectivity index (χ2n) is 4.77. The van der Waals surface area contributed by atoms with E-state index in [2.05, 4.69) is 15.3 Å². The fraction of sp³-hybridized carbons (Fsp3) is 0.0667. The van der Waals surface area contributed by atoms with E-state index in [-0.39, 0.29) is 11.4 Å². The molecule has 0 bridgehead atoms. The van der Waals surface area contributed by atoms with Gasteiger partial charge >= 0.3 is 0 Å². The van der Waals surface area contributed by atoms with Crippen LogP contribution in [0.3, 0.4) is 0 Å². The topological polar surface area (TPSA) is 85.9 Å². The molecule has 116 valence electrons. The molecular weight excluding hydrogens is 301 g/mol. The number of hydrogen-bond donors (Lipinski definition) is 1. The number of hydrogen-bond acceptors (Lipinski definition) is 5. The van der Waals surface area contributed by atoms with Crippen LogP contribution in [0, 0.1) is 15.9 Å². The normalized spacial score (nSPS) is 10.5. The molecule has 0 fully saturated rings. The average Bonchev–Trinajstić information content (AvgIpc) is 3.08. The summed E-state index contributed by atoms with van der Waals surface area (Å²) in [5.41, 5.74) is 0.817. The molecule has 0 amide bonds. The molecule has 0 aliphatic carbocycles. The van der Waals surface area contributed by atoms with Gasteiger partial charge in [0.25, 0.3) is 5.69 Å². The van der Waals surface area contributed by atoms with Crippen LogP contribution in [0.1, 0.15) is 5.56 Å². The van der Waals surface area contributed by atoms with Crippen molar-refractivity contribution in [1.82, 2.24) is 14.5 Å². The molecule has 8 heteroatoms. The van der Waals surface area contributed by atoms with Gasteiger partial charge in [-0.2, -0.15) is 0 Å². The highest BCUT2D eigenvalue weighted by molar-refractivity contribution is 5.50. The van der Waals surface area contributed by atoms with Crippen LogP contribution >= 0.6 is 0 Å². The van der Waals surface area contributed by atoms with E-state index in [0.29, 0.717) is 12.4 Å². The summed E-state index contributed by atoms with van der Waals surface area (Å²) in [7, 11) is 0. The number of pyridine rings is 1. The van der Waals surface area contributed by atoms with E-state index in [0.717, 1.165) is 11.6 Å². The number of nitro benzene ring substituents is 1. The standard InChI is InChI=1S/C15H12FN5O2/c16-13-8-12(21(22)23)1-2-14(13)19-9-11-3-4-18-15(7-11)20-6-5-17-10-20/h1-8,10,19H,9H2. The second-order valence-corrected chi connectivity index (χ2v) is 4.77. The van der Waals surface area contributed by atoms with Crippen LogP contribution in [0.15, 0.2) is 55.2 Å². The highest BCUT2D eigenvalue weighted by Crippen LogP contribution is 2.21. The Balaban J connectivity index is 1.74. The number of nitro groups is 1. The molecule has 23 heavy (non-hydrogen) atoms. The Hall–Kier alpha value is -3.29. The van der Waals surface area contributed by atoms with E-state index in [1.807, 2.05) is 6.07 Å². The van der Waals surface area contributed by atoms with E-state index in [4.69, 9.17) is 0 Å². The third-order valence-corrected chi connectivity index (χ3v) is 3.23. The Kier molecular flexibility index (Phi) is 3.96. The first-order valence-electron chi connectivity index (χ1n) is 6.74. The smallest absolute Gasteiger partial charge is 0.272 e. The molecule has 3 aromatic rings. The van der Waals surface area contributed by atoms with Crippen molar-refractivity contribution in [2.24, 2.45) is 0 Å². The molecule has 7 nitrogen and oxygen atoms in total. The lowest BCUT2D eigenvalue weighted by atomic mass is 10.2. The number of non-ortho nitro benzene ring substituents is 1. The Morgan fingerprint density at radius 1 is 1.26 bits per heavy atom. The molecule has 0 aliphatic rings. The number of benzene rings is 1. The first kappa shape index (κ1) is 14.6. The van der Waals surface area contributed by atoms with Gasteiger partial charge in [-0.1, -0.05) is 0 Å². The number of imidazole rings is 1. The van der Waals surface area contributed by atoms with Gasteiger partial charge in [-0.05, 0) is 23.8 Å². The molecule has 2 aromatic heterocycles. The average molecular weight is 313 g/mol. The summed E-state index contributed by atoms with van der Waals surface area (Å²) in [6.45, 7) is 0.360. The van der Waals surface area contributed by atoms with Gasteiger partial charge in [0.1, 0.15) is 12.1 Å². The predicted octanol–water partition coefficient (Wildman–Crippen LogP) is 2.93. The maximum absolute atomic E-state index is 13.8. The van der Waals surface area contributed by atoms with E-state index >= 15 is 0 Å². The molecule has 0 saturated heterocycles. The number of nitrogens with one attached hydrogen (secondary N) is 1. The molecule has 0 unspecified atom stereocenters. The SMILES string of the molecule is O=[N+]([O-])c1ccc(NCc2ccnc(-n3ccnc3)c2)c(F)c1. The van der Waals surface area contributed by atoms with E-state index in [1.54, 1.807) is 35.6 Å².